The molecule has 0 bridgehead atoms. The molecule has 0 spiro atoms. The van der Waals surface area contributed by atoms with E-state index in [-0.39, 0.29) is 11.8 Å². The third kappa shape index (κ3) is 3.08. The molecule has 0 aliphatic carbocycles. The molecule has 0 saturated carbocycles. The van der Waals surface area contributed by atoms with Crippen LogP contribution < -0.4 is 10.6 Å². The molecule has 1 atom stereocenters. The number of carbonyl (C=O) groups is 1. The van der Waals surface area contributed by atoms with E-state index in [0.29, 0.717) is 12.6 Å². The normalized spacial score (nSPS) is 23.5. The summed E-state index contributed by atoms with van der Waals surface area (Å²) >= 11 is 5.31. The van der Waals surface area contributed by atoms with Crippen LogP contribution in [0.2, 0.25) is 0 Å². The summed E-state index contributed by atoms with van der Waals surface area (Å²) in [6, 6.07) is 0.460. The average molecular weight is 177 g/mol. The largest absolute Gasteiger partial charge is 0.354 e. The van der Waals surface area contributed by atoms with Crippen molar-refractivity contribution < 1.29 is 4.79 Å². The zero-order valence-electron chi connectivity index (χ0n) is 6.40. The molecule has 1 saturated heterocycles. The lowest BCUT2D eigenvalue weighted by molar-refractivity contribution is -0.118. The van der Waals surface area contributed by atoms with Crippen LogP contribution in [0.4, 0.5) is 0 Å². The van der Waals surface area contributed by atoms with Crippen molar-refractivity contribution in [1.29, 1.82) is 0 Å². The van der Waals surface area contributed by atoms with E-state index in [4.69, 9.17) is 11.6 Å². The first-order chi connectivity index (χ1) is 5.33. The van der Waals surface area contributed by atoms with E-state index in [0.717, 1.165) is 13.0 Å². The highest BCUT2D eigenvalue weighted by Gasteiger charge is 2.13. The Labute approximate surface area is 71.5 Å². The number of carbonyl (C=O) groups excluding carboxylic acids is 1. The van der Waals surface area contributed by atoms with Gasteiger partial charge in [-0.2, -0.15) is 0 Å². The molecule has 0 radical (unpaired) electrons. The number of halogens is 1. The first-order valence-corrected chi connectivity index (χ1v) is 4.42. The third-order valence-corrected chi connectivity index (χ3v) is 2.07. The zero-order valence-corrected chi connectivity index (χ0v) is 7.16. The smallest absolute Gasteiger partial charge is 0.234 e. The number of nitrogens with one attached hydrogen (secondary N) is 2. The lowest BCUT2D eigenvalue weighted by atomic mass is 10.2. The maximum Gasteiger partial charge on any atom is 0.234 e. The van der Waals surface area contributed by atoms with Gasteiger partial charge in [0.25, 0.3) is 0 Å². The molecule has 11 heavy (non-hydrogen) atoms. The number of amides is 1. The van der Waals surface area contributed by atoms with E-state index < -0.39 is 0 Å². The van der Waals surface area contributed by atoms with E-state index in [1.54, 1.807) is 0 Å². The van der Waals surface area contributed by atoms with Gasteiger partial charge in [0.1, 0.15) is 5.88 Å². The third-order valence-electron chi connectivity index (χ3n) is 1.83. The number of hydrogen-bond acceptors (Lipinski definition) is 2. The highest BCUT2D eigenvalue weighted by Crippen LogP contribution is 2.02. The molecule has 0 aromatic carbocycles. The van der Waals surface area contributed by atoms with Crippen LogP contribution in [0.1, 0.15) is 12.8 Å². The minimum Gasteiger partial charge on any atom is -0.354 e. The van der Waals surface area contributed by atoms with E-state index in [9.17, 15) is 4.79 Å². The van der Waals surface area contributed by atoms with Crippen LogP contribution in [0.15, 0.2) is 0 Å². The average Bonchev–Trinajstić information content (AvgIpc) is 2.52. The van der Waals surface area contributed by atoms with Gasteiger partial charge in [-0.25, -0.2) is 0 Å². The fourth-order valence-corrected chi connectivity index (χ4v) is 1.31. The second-order valence-corrected chi connectivity index (χ2v) is 3.00. The molecule has 3 nitrogen and oxygen atoms in total. The summed E-state index contributed by atoms with van der Waals surface area (Å²) in [4.78, 5) is 10.7. The van der Waals surface area contributed by atoms with Crippen LogP contribution >= 0.6 is 11.6 Å². The highest BCUT2D eigenvalue weighted by molar-refractivity contribution is 6.27. The Morgan fingerprint density at radius 1 is 1.73 bits per heavy atom. The summed E-state index contributed by atoms with van der Waals surface area (Å²) in [5.74, 6) is -0.0208. The van der Waals surface area contributed by atoms with Gasteiger partial charge in [0.05, 0.1) is 0 Å². The first kappa shape index (κ1) is 8.81. The molecule has 1 amide bonds. The molecule has 1 aliphatic rings. The quantitative estimate of drug-likeness (QED) is 0.599. The SMILES string of the molecule is O=C(CCl)NCC1CCCN1. The van der Waals surface area contributed by atoms with Crippen molar-refractivity contribution in [3.63, 3.8) is 0 Å². The van der Waals surface area contributed by atoms with Gasteiger partial charge in [-0.1, -0.05) is 0 Å². The molecule has 0 aromatic rings. The maximum atomic E-state index is 10.7. The van der Waals surface area contributed by atoms with Crippen LogP contribution in [-0.2, 0) is 4.79 Å². The van der Waals surface area contributed by atoms with Gasteiger partial charge in [0, 0.05) is 12.6 Å². The van der Waals surface area contributed by atoms with E-state index in [2.05, 4.69) is 10.6 Å². The summed E-state index contributed by atoms with van der Waals surface area (Å²) in [7, 11) is 0. The van der Waals surface area contributed by atoms with Crippen LogP contribution in [0, 0.1) is 0 Å². The van der Waals surface area contributed by atoms with Crippen molar-refractivity contribution in [3.05, 3.63) is 0 Å². The Morgan fingerprint density at radius 2 is 2.55 bits per heavy atom. The Balaban J connectivity index is 2.06. The number of hydrogen-bond donors (Lipinski definition) is 2. The highest BCUT2D eigenvalue weighted by atomic mass is 35.5. The minimum atomic E-state index is -0.0830. The Hall–Kier alpha value is -0.280. The molecule has 0 aromatic heterocycles. The molecular weight excluding hydrogens is 164 g/mol. The molecule has 64 valence electrons. The van der Waals surface area contributed by atoms with Gasteiger partial charge in [-0.05, 0) is 19.4 Å². The predicted molar refractivity (Wildman–Crippen MR) is 44.8 cm³/mol. The van der Waals surface area contributed by atoms with E-state index >= 15 is 0 Å². The standard InChI is InChI=1S/C7H13ClN2O/c8-4-7(11)10-5-6-2-1-3-9-6/h6,9H,1-5H2,(H,10,11). The second kappa shape index (κ2) is 4.57. The molecular formula is C7H13ClN2O. The molecule has 1 heterocycles. The fraction of sp³-hybridized carbons (Fsp3) is 0.857. The van der Waals surface area contributed by atoms with Crippen molar-refractivity contribution in [3.8, 4) is 0 Å². The zero-order chi connectivity index (χ0) is 8.10. The van der Waals surface area contributed by atoms with Crippen molar-refractivity contribution >= 4 is 17.5 Å². The molecule has 1 unspecified atom stereocenters. The van der Waals surface area contributed by atoms with Crippen LogP contribution in [0.3, 0.4) is 0 Å². The summed E-state index contributed by atoms with van der Waals surface area (Å²) in [5.41, 5.74) is 0. The number of alkyl halides is 1. The van der Waals surface area contributed by atoms with Crippen LogP contribution in [0.5, 0.6) is 0 Å². The fourth-order valence-electron chi connectivity index (χ4n) is 1.22. The lowest BCUT2D eigenvalue weighted by Gasteiger charge is -2.09. The molecule has 1 rings (SSSR count). The molecule has 1 fully saturated rings. The predicted octanol–water partition coefficient (Wildman–Crippen LogP) is 0.0934. The van der Waals surface area contributed by atoms with Gasteiger partial charge in [-0.3, -0.25) is 4.79 Å². The van der Waals surface area contributed by atoms with Crippen molar-refractivity contribution in [1.82, 2.24) is 10.6 Å². The van der Waals surface area contributed by atoms with Gasteiger partial charge >= 0.3 is 0 Å². The van der Waals surface area contributed by atoms with Crippen LogP contribution in [0.25, 0.3) is 0 Å². The first-order valence-electron chi connectivity index (χ1n) is 3.89. The lowest BCUT2D eigenvalue weighted by Crippen LogP contribution is -2.37. The van der Waals surface area contributed by atoms with Crippen molar-refractivity contribution in [2.24, 2.45) is 0 Å². The molecule has 2 N–H and O–H groups in total. The summed E-state index contributed by atoms with van der Waals surface area (Å²) in [5, 5.41) is 6.02. The van der Waals surface area contributed by atoms with Gasteiger partial charge in [-0.15, -0.1) is 11.6 Å². The van der Waals surface area contributed by atoms with Crippen molar-refractivity contribution in [2.45, 2.75) is 18.9 Å². The minimum absolute atomic E-state index is 0.0622. The van der Waals surface area contributed by atoms with E-state index in [1.165, 1.54) is 6.42 Å². The van der Waals surface area contributed by atoms with Crippen LogP contribution in [-0.4, -0.2) is 30.9 Å². The number of rotatable bonds is 3. The monoisotopic (exact) mass is 176 g/mol. The Kier molecular flexibility index (Phi) is 3.66. The summed E-state index contributed by atoms with van der Waals surface area (Å²) in [6.07, 6.45) is 2.37. The van der Waals surface area contributed by atoms with Gasteiger partial charge in [0.2, 0.25) is 5.91 Å². The summed E-state index contributed by atoms with van der Waals surface area (Å²) in [6.45, 7) is 1.78. The van der Waals surface area contributed by atoms with E-state index in [1.807, 2.05) is 0 Å². The summed E-state index contributed by atoms with van der Waals surface area (Å²) < 4.78 is 0. The molecule has 1 aliphatic heterocycles. The van der Waals surface area contributed by atoms with Gasteiger partial charge < -0.3 is 10.6 Å². The van der Waals surface area contributed by atoms with Gasteiger partial charge in [0.15, 0.2) is 0 Å². The van der Waals surface area contributed by atoms with Crippen molar-refractivity contribution in [2.75, 3.05) is 19.0 Å². The second-order valence-electron chi connectivity index (χ2n) is 2.73. The maximum absolute atomic E-state index is 10.7. The topological polar surface area (TPSA) is 41.1 Å². The Bertz CT molecular complexity index is 134. The molecule has 4 heteroatoms. The Morgan fingerprint density at radius 3 is 3.09 bits per heavy atom.